The highest BCUT2D eigenvalue weighted by molar-refractivity contribution is 6.30. The summed E-state index contributed by atoms with van der Waals surface area (Å²) in [5.74, 6) is -0.826. The van der Waals surface area contributed by atoms with Gasteiger partial charge < -0.3 is 5.11 Å². The van der Waals surface area contributed by atoms with E-state index in [0.717, 1.165) is 32.4 Å². The summed E-state index contributed by atoms with van der Waals surface area (Å²) < 4.78 is 0. The smallest absolute Gasteiger partial charge is 0.317 e. The molecule has 7 nitrogen and oxygen atoms in total. The molecule has 1 aliphatic heterocycles. The number of rotatable bonds is 6. The van der Waals surface area contributed by atoms with Gasteiger partial charge in [0, 0.05) is 29.2 Å². The number of nitro groups is 1. The van der Waals surface area contributed by atoms with Crippen LogP contribution in [0, 0.1) is 10.1 Å². The topological polar surface area (TPSA) is 86.9 Å². The van der Waals surface area contributed by atoms with Crippen molar-refractivity contribution in [2.45, 2.75) is 31.8 Å². The van der Waals surface area contributed by atoms with E-state index in [4.69, 9.17) is 16.7 Å². The third-order valence-electron chi connectivity index (χ3n) is 4.43. The van der Waals surface area contributed by atoms with Crippen molar-refractivity contribution in [2.75, 3.05) is 26.7 Å². The lowest BCUT2D eigenvalue weighted by Gasteiger charge is -2.25. The summed E-state index contributed by atoms with van der Waals surface area (Å²) in [7, 11) is 1.83. The molecule has 1 saturated heterocycles. The van der Waals surface area contributed by atoms with Crippen molar-refractivity contribution in [1.82, 2.24) is 9.80 Å². The molecule has 0 aromatic heterocycles. The molecule has 24 heavy (non-hydrogen) atoms. The number of halogens is 1. The molecule has 8 heteroatoms. The van der Waals surface area contributed by atoms with E-state index in [1.807, 2.05) is 11.9 Å². The summed E-state index contributed by atoms with van der Waals surface area (Å²) in [5, 5.41) is 20.6. The molecule has 1 N–H and O–H groups in total. The van der Waals surface area contributed by atoms with Crippen LogP contribution in [-0.4, -0.2) is 58.5 Å². The molecule has 1 atom stereocenters. The Morgan fingerprint density at radius 1 is 1.46 bits per heavy atom. The number of hydrogen-bond donors (Lipinski definition) is 1. The van der Waals surface area contributed by atoms with Gasteiger partial charge in [0.05, 0.1) is 11.5 Å². The summed E-state index contributed by atoms with van der Waals surface area (Å²) in [6, 6.07) is 4.85. The number of likely N-dealkylation sites (N-methyl/N-ethyl adjacent to an activating group) is 1. The molecule has 0 aliphatic carbocycles. The average Bonchev–Trinajstić information content (AvgIpc) is 2.72. The number of nitrogens with zero attached hydrogens (tertiary/aromatic N) is 3. The fourth-order valence-electron chi connectivity index (χ4n) is 3.18. The minimum Gasteiger partial charge on any atom is -0.480 e. The largest absolute Gasteiger partial charge is 0.480 e. The normalized spacial score (nSPS) is 19.2. The van der Waals surface area contributed by atoms with Crippen LogP contribution in [0.25, 0.3) is 0 Å². The number of benzene rings is 1. The zero-order valence-corrected chi connectivity index (χ0v) is 14.4. The molecule has 1 aromatic rings. The lowest BCUT2D eigenvalue weighted by molar-refractivity contribution is -0.385. The van der Waals surface area contributed by atoms with Gasteiger partial charge in [-0.25, -0.2) is 0 Å². The highest BCUT2D eigenvalue weighted by Gasteiger charge is 2.23. The number of carboxylic acid groups (broad SMARTS) is 1. The van der Waals surface area contributed by atoms with Gasteiger partial charge in [-0.1, -0.05) is 11.6 Å². The first-order valence-corrected chi connectivity index (χ1v) is 8.32. The Morgan fingerprint density at radius 2 is 2.21 bits per heavy atom. The Bertz CT molecular complexity index is 611. The van der Waals surface area contributed by atoms with Crippen LogP contribution in [0.5, 0.6) is 0 Å². The van der Waals surface area contributed by atoms with Gasteiger partial charge in [0.1, 0.15) is 0 Å². The number of hydrogen-bond acceptors (Lipinski definition) is 5. The van der Waals surface area contributed by atoms with Crippen LogP contribution in [0.1, 0.15) is 24.8 Å². The third kappa shape index (κ3) is 5.15. The van der Waals surface area contributed by atoms with E-state index in [-0.39, 0.29) is 23.2 Å². The predicted molar refractivity (Wildman–Crippen MR) is 91.3 cm³/mol. The van der Waals surface area contributed by atoms with Crippen LogP contribution < -0.4 is 0 Å². The van der Waals surface area contributed by atoms with Crippen LogP contribution in [0.15, 0.2) is 18.2 Å². The minimum atomic E-state index is -0.826. The first kappa shape index (κ1) is 18.6. The second kappa shape index (κ2) is 8.41. The fourth-order valence-corrected chi connectivity index (χ4v) is 3.37. The number of carbonyl (C=O) groups is 1. The average molecular weight is 356 g/mol. The van der Waals surface area contributed by atoms with Gasteiger partial charge in [0.2, 0.25) is 0 Å². The highest BCUT2D eigenvalue weighted by Crippen LogP contribution is 2.25. The monoisotopic (exact) mass is 355 g/mol. The zero-order valence-electron chi connectivity index (χ0n) is 13.7. The summed E-state index contributed by atoms with van der Waals surface area (Å²) in [6.45, 7) is 2.12. The second-order valence-corrected chi connectivity index (χ2v) is 6.64. The lowest BCUT2D eigenvalue weighted by Crippen LogP contribution is -2.36. The minimum absolute atomic E-state index is 0.0322. The predicted octanol–water partition coefficient (Wildman–Crippen LogP) is 2.62. The standard InChI is InChI=1S/C16H22ClN3O4/c1-18(11-16(21)22)14-3-2-7-19(8-6-14)10-12-9-13(17)4-5-15(12)20(23)24/h4-5,9,14H,2-3,6-8,10-11H2,1H3,(H,21,22). The van der Waals surface area contributed by atoms with Crippen molar-refractivity contribution in [3.63, 3.8) is 0 Å². The van der Waals surface area contributed by atoms with Crippen LogP contribution in [-0.2, 0) is 11.3 Å². The van der Waals surface area contributed by atoms with Gasteiger partial charge >= 0.3 is 5.97 Å². The first-order chi connectivity index (χ1) is 11.4. The maximum Gasteiger partial charge on any atom is 0.317 e. The van der Waals surface area contributed by atoms with Gasteiger partial charge in [-0.15, -0.1) is 0 Å². The van der Waals surface area contributed by atoms with E-state index in [1.165, 1.54) is 12.1 Å². The second-order valence-electron chi connectivity index (χ2n) is 6.20. The maximum atomic E-state index is 11.2. The van der Waals surface area contributed by atoms with E-state index in [2.05, 4.69) is 4.90 Å². The van der Waals surface area contributed by atoms with Gasteiger partial charge in [-0.3, -0.25) is 24.7 Å². The third-order valence-corrected chi connectivity index (χ3v) is 4.67. The first-order valence-electron chi connectivity index (χ1n) is 7.94. The van der Waals surface area contributed by atoms with Gasteiger partial charge in [0.15, 0.2) is 0 Å². The molecule has 0 saturated carbocycles. The highest BCUT2D eigenvalue weighted by atomic mass is 35.5. The molecule has 0 radical (unpaired) electrons. The summed E-state index contributed by atoms with van der Waals surface area (Å²) in [4.78, 5) is 25.7. The molecule has 0 spiro atoms. The molecule has 0 amide bonds. The molecule has 1 heterocycles. The number of aliphatic carboxylic acids is 1. The molecule has 1 aliphatic rings. The van der Waals surface area contributed by atoms with Crippen LogP contribution in [0.4, 0.5) is 5.69 Å². The maximum absolute atomic E-state index is 11.2. The van der Waals surface area contributed by atoms with E-state index in [9.17, 15) is 14.9 Å². The molecule has 1 fully saturated rings. The molecule has 1 aromatic carbocycles. The van der Waals surface area contributed by atoms with E-state index < -0.39 is 5.97 Å². The Morgan fingerprint density at radius 3 is 2.88 bits per heavy atom. The molecule has 2 rings (SSSR count). The van der Waals surface area contributed by atoms with Crippen molar-refractivity contribution in [3.8, 4) is 0 Å². The summed E-state index contributed by atoms with van der Waals surface area (Å²) >= 11 is 5.98. The molecular weight excluding hydrogens is 334 g/mol. The Labute approximate surface area is 146 Å². The van der Waals surface area contributed by atoms with Crippen LogP contribution in [0.2, 0.25) is 5.02 Å². The van der Waals surface area contributed by atoms with Crippen molar-refractivity contribution in [3.05, 3.63) is 38.9 Å². The Kier molecular flexibility index (Phi) is 6.53. The summed E-state index contributed by atoms with van der Waals surface area (Å²) in [5.41, 5.74) is 0.702. The SMILES string of the molecule is CN(CC(=O)O)C1CCCN(Cc2cc(Cl)ccc2[N+](=O)[O-])CC1. The zero-order chi connectivity index (χ0) is 17.7. The van der Waals surface area contributed by atoms with Crippen LogP contribution >= 0.6 is 11.6 Å². The van der Waals surface area contributed by atoms with E-state index in [0.29, 0.717) is 17.1 Å². The lowest BCUT2D eigenvalue weighted by atomic mass is 10.1. The van der Waals surface area contributed by atoms with E-state index >= 15 is 0 Å². The Hall–Kier alpha value is -1.70. The number of likely N-dealkylation sites (tertiary alicyclic amines) is 1. The molecule has 132 valence electrons. The number of carboxylic acids is 1. The van der Waals surface area contributed by atoms with Crippen molar-refractivity contribution < 1.29 is 14.8 Å². The van der Waals surface area contributed by atoms with Crippen molar-refractivity contribution in [2.24, 2.45) is 0 Å². The molecule has 0 bridgehead atoms. The fraction of sp³-hybridized carbons (Fsp3) is 0.562. The number of nitro benzene ring substituents is 1. The molecule has 1 unspecified atom stereocenters. The summed E-state index contributed by atoms with van der Waals surface area (Å²) in [6.07, 6.45) is 2.71. The van der Waals surface area contributed by atoms with E-state index in [1.54, 1.807) is 6.07 Å². The van der Waals surface area contributed by atoms with Gasteiger partial charge in [-0.2, -0.15) is 0 Å². The van der Waals surface area contributed by atoms with Gasteiger partial charge in [0.25, 0.3) is 5.69 Å². The Balaban J connectivity index is 2.01. The van der Waals surface area contributed by atoms with Crippen molar-refractivity contribution in [1.29, 1.82) is 0 Å². The van der Waals surface area contributed by atoms with Gasteiger partial charge in [-0.05, 0) is 51.5 Å². The molecular formula is C16H22ClN3O4. The van der Waals surface area contributed by atoms with Crippen molar-refractivity contribution >= 4 is 23.3 Å². The quantitative estimate of drug-likeness (QED) is 0.623. The van der Waals surface area contributed by atoms with Crippen LogP contribution in [0.3, 0.4) is 0 Å².